The molecule has 5 heteroatoms. The van der Waals surface area contributed by atoms with Crippen LogP contribution in [-0.4, -0.2) is 21.6 Å². The molecule has 0 radical (unpaired) electrons. The number of hydrogen-bond donors (Lipinski definition) is 1. The Kier molecular flexibility index (Phi) is 3.66. The second-order valence-electron chi connectivity index (χ2n) is 4.71. The third-order valence-electron chi connectivity index (χ3n) is 3.27. The fraction of sp³-hybridized carbons (Fsp3) is 0.125. The highest BCUT2D eigenvalue weighted by Crippen LogP contribution is 2.27. The van der Waals surface area contributed by atoms with Crippen molar-refractivity contribution in [2.24, 2.45) is 0 Å². The van der Waals surface area contributed by atoms with E-state index in [0.717, 1.165) is 22.5 Å². The summed E-state index contributed by atoms with van der Waals surface area (Å²) >= 11 is 0. The summed E-state index contributed by atoms with van der Waals surface area (Å²) in [4.78, 5) is 8.38. The van der Waals surface area contributed by atoms with E-state index in [-0.39, 0.29) is 0 Å². The Morgan fingerprint density at radius 2 is 2.10 bits per heavy atom. The lowest BCUT2D eigenvalue weighted by Gasteiger charge is -2.11. The highest BCUT2D eigenvalue weighted by molar-refractivity contribution is 5.73. The van der Waals surface area contributed by atoms with E-state index in [1.54, 1.807) is 38.1 Å². The van der Waals surface area contributed by atoms with Gasteiger partial charge in [-0.15, -0.1) is 0 Å². The Hall–Kier alpha value is -2.66. The number of nitrogens with zero attached hydrogens (tertiary/aromatic N) is 3. The number of rotatable bonds is 4. The van der Waals surface area contributed by atoms with E-state index in [1.165, 1.54) is 0 Å². The van der Waals surface area contributed by atoms with Crippen molar-refractivity contribution in [3.8, 4) is 16.9 Å². The molecule has 0 spiro atoms. The Morgan fingerprint density at radius 1 is 1.19 bits per heavy atom. The van der Waals surface area contributed by atoms with Crippen LogP contribution in [0.2, 0.25) is 0 Å². The number of benzene rings is 1. The summed E-state index contributed by atoms with van der Waals surface area (Å²) < 4.78 is 7.17. The van der Waals surface area contributed by atoms with Crippen LogP contribution in [0.5, 0.6) is 0 Å². The highest BCUT2D eigenvalue weighted by Gasteiger charge is 2.10. The predicted molar refractivity (Wildman–Crippen MR) is 81.9 cm³/mol. The summed E-state index contributed by atoms with van der Waals surface area (Å²) in [6.45, 7) is 0.576. The number of aromatic nitrogens is 3. The lowest BCUT2D eigenvalue weighted by atomic mass is 10.1. The number of pyridine rings is 1. The minimum atomic E-state index is 0.576. The van der Waals surface area contributed by atoms with Crippen LogP contribution in [0.25, 0.3) is 16.9 Å². The lowest BCUT2D eigenvalue weighted by molar-refractivity contribution is 0.185. The van der Waals surface area contributed by atoms with E-state index >= 15 is 0 Å². The normalized spacial score (nSPS) is 10.7. The quantitative estimate of drug-likeness (QED) is 0.798. The molecular formula is C16H16N4O. The third-order valence-corrected chi connectivity index (χ3v) is 3.27. The average molecular weight is 280 g/mol. The van der Waals surface area contributed by atoms with E-state index in [9.17, 15) is 0 Å². The van der Waals surface area contributed by atoms with Crippen molar-refractivity contribution in [2.75, 3.05) is 12.8 Å². The van der Waals surface area contributed by atoms with Crippen LogP contribution >= 0.6 is 0 Å². The first kappa shape index (κ1) is 13.3. The van der Waals surface area contributed by atoms with Gasteiger partial charge in [-0.05, 0) is 23.8 Å². The first-order valence-electron chi connectivity index (χ1n) is 6.60. The molecule has 0 fully saturated rings. The second kappa shape index (κ2) is 5.76. The minimum Gasteiger partial charge on any atom is -0.398 e. The zero-order valence-corrected chi connectivity index (χ0v) is 11.7. The molecule has 3 aromatic rings. The maximum Gasteiger partial charge on any atom is 0.0997 e. The SMILES string of the molecule is COCc1cccc(-n2cncc2-c2cnccc2N)c1. The van der Waals surface area contributed by atoms with Gasteiger partial charge in [0.25, 0.3) is 0 Å². The highest BCUT2D eigenvalue weighted by atomic mass is 16.5. The third kappa shape index (κ3) is 2.64. The summed E-state index contributed by atoms with van der Waals surface area (Å²) in [6, 6.07) is 9.91. The Morgan fingerprint density at radius 3 is 2.90 bits per heavy atom. The van der Waals surface area contributed by atoms with Gasteiger partial charge in [0, 0.05) is 36.4 Å². The molecule has 0 aliphatic heterocycles. The Labute approximate surface area is 123 Å². The predicted octanol–water partition coefficient (Wildman–Crippen LogP) is 2.66. The molecule has 0 bridgehead atoms. The zero-order chi connectivity index (χ0) is 14.7. The lowest BCUT2D eigenvalue weighted by Crippen LogP contribution is -1.99. The van der Waals surface area contributed by atoms with Crippen LogP contribution < -0.4 is 5.73 Å². The van der Waals surface area contributed by atoms with Crippen molar-refractivity contribution in [1.29, 1.82) is 0 Å². The molecule has 0 amide bonds. The Bertz CT molecular complexity index is 751. The topological polar surface area (TPSA) is 66.0 Å². The van der Waals surface area contributed by atoms with Gasteiger partial charge in [0.2, 0.25) is 0 Å². The van der Waals surface area contributed by atoms with Gasteiger partial charge in [0.05, 0.1) is 24.8 Å². The number of hydrogen-bond acceptors (Lipinski definition) is 4. The van der Waals surface area contributed by atoms with Gasteiger partial charge in [-0.1, -0.05) is 12.1 Å². The molecule has 0 aliphatic carbocycles. The van der Waals surface area contributed by atoms with E-state index in [1.807, 2.05) is 22.8 Å². The number of anilines is 1. The zero-order valence-electron chi connectivity index (χ0n) is 11.7. The van der Waals surface area contributed by atoms with Crippen molar-refractivity contribution in [3.05, 3.63) is 60.8 Å². The molecule has 0 saturated heterocycles. The molecule has 2 heterocycles. The molecule has 5 nitrogen and oxygen atoms in total. The largest absolute Gasteiger partial charge is 0.398 e. The molecule has 2 aromatic heterocycles. The summed E-state index contributed by atoms with van der Waals surface area (Å²) in [7, 11) is 1.69. The number of nitrogen functional groups attached to an aromatic ring is 1. The summed E-state index contributed by atoms with van der Waals surface area (Å²) in [6.07, 6.45) is 6.99. The molecule has 0 unspecified atom stereocenters. The van der Waals surface area contributed by atoms with Crippen LogP contribution in [0.1, 0.15) is 5.56 Å². The first-order valence-corrected chi connectivity index (χ1v) is 6.60. The molecule has 0 saturated carbocycles. The van der Waals surface area contributed by atoms with Crippen LogP contribution in [0, 0.1) is 0 Å². The molecule has 21 heavy (non-hydrogen) atoms. The molecule has 1 aromatic carbocycles. The van der Waals surface area contributed by atoms with Gasteiger partial charge in [0.1, 0.15) is 0 Å². The number of ether oxygens (including phenoxy) is 1. The molecular weight excluding hydrogens is 264 g/mol. The van der Waals surface area contributed by atoms with Crippen molar-refractivity contribution >= 4 is 5.69 Å². The monoisotopic (exact) mass is 280 g/mol. The van der Waals surface area contributed by atoms with Crippen LogP contribution in [0.4, 0.5) is 5.69 Å². The summed E-state index contributed by atoms with van der Waals surface area (Å²) in [5.41, 5.74) is 10.6. The summed E-state index contributed by atoms with van der Waals surface area (Å²) in [5.74, 6) is 0. The fourth-order valence-electron chi connectivity index (χ4n) is 2.28. The fourth-order valence-corrected chi connectivity index (χ4v) is 2.28. The molecule has 3 rings (SSSR count). The van der Waals surface area contributed by atoms with E-state index < -0.39 is 0 Å². The average Bonchev–Trinajstić information content (AvgIpc) is 2.98. The van der Waals surface area contributed by atoms with Crippen molar-refractivity contribution in [1.82, 2.24) is 14.5 Å². The molecule has 2 N–H and O–H groups in total. The van der Waals surface area contributed by atoms with Gasteiger partial charge < -0.3 is 10.5 Å². The maximum atomic E-state index is 6.04. The van der Waals surface area contributed by atoms with Gasteiger partial charge in [-0.3, -0.25) is 9.55 Å². The van der Waals surface area contributed by atoms with Gasteiger partial charge in [-0.2, -0.15) is 0 Å². The number of methoxy groups -OCH3 is 1. The number of nitrogens with two attached hydrogens (primary N) is 1. The van der Waals surface area contributed by atoms with Crippen LogP contribution in [0.3, 0.4) is 0 Å². The van der Waals surface area contributed by atoms with E-state index in [0.29, 0.717) is 12.3 Å². The minimum absolute atomic E-state index is 0.576. The number of imidazole rings is 1. The van der Waals surface area contributed by atoms with E-state index in [2.05, 4.69) is 16.0 Å². The standard InChI is InChI=1S/C16H16N4O/c1-21-10-12-3-2-4-13(7-12)20-11-19-9-16(20)14-8-18-6-5-15(14)17/h2-9,11H,10H2,1H3,(H2,17,18). The first-order chi connectivity index (χ1) is 10.3. The molecule has 0 atom stereocenters. The smallest absolute Gasteiger partial charge is 0.0997 e. The Balaban J connectivity index is 2.07. The molecule has 106 valence electrons. The van der Waals surface area contributed by atoms with Crippen LogP contribution in [0.15, 0.2) is 55.2 Å². The van der Waals surface area contributed by atoms with Crippen LogP contribution in [-0.2, 0) is 11.3 Å². The van der Waals surface area contributed by atoms with Crippen molar-refractivity contribution in [3.63, 3.8) is 0 Å². The van der Waals surface area contributed by atoms with Crippen molar-refractivity contribution < 1.29 is 4.74 Å². The second-order valence-corrected chi connectivity index (χ2v) is 4.71. The molecule has 0 aliphatic rings. The summed E-state index contributed by atoms with van der Waals surface area (Å²) in [5, 5.41) is 0. The van der Waals surface area contributed by atoms with E-state index in [4.69, 9.17) is 10.5 Å². The van der Waals surface area contributed by atoms with Gasteiger partial charge >= 0.3 is 0 Å². The maximum absolute atomic E-state index is 6.04. The van der Waals surface area contributed by atoms with Gasteiger partial charge in [-0.25, -0.2) is 4.98 Å². The van der Waals surface area contributed by atoms with Crippen molar-refractivity contribution in [2.45, 2.75) is 6.61 Å². The van der Waals surface area contributed by atoms with Gasteiger partial charge in [0.15, 0.2) is 0 Å².